The summed E-state index contributed by atoms with van der Waals surface area (Å²) < 4.78 is 39.8. The van der Waals surface area contributed by atoms with E-state index < -0.39 is 41.8 Å². The van der Waals surface area contributed by atoms with E-state index in [-0.39, 0.29) is 13.0 Å². The number of nitrogens with one attached hydrogen (secondary N) is 2. The molecule has 0 saturated carbocycles. The smallest absolute Gasteiger partial charge is 0.394 e. The third-order valence-corrected chi connectivity index (χ3v) is 4.30. The Balaban J connectivity index is 0.000000387. The minimum atomic E-state index is -4.74. The van der Waals surface area contributed by atoms with E-state index in [0.717, 1.165) is 7.05 Å². The first-order valence-corrected chi connectivity index (χ1v) is 8.75. The van der Waals surface area contributed by atoms with Crippen molar-refractivity contribution < 1.29 is 32.9 Å². The van der Waals surface area contributed by atoms with Gasteiger partial charge in [0.15, 0.2) is 0 Å². The van der Waals surface area contributed by atoms with Crippen LogP contribution >= 0.6 is 11.8 Å². The lowest BCUT2D eigenvalue weighted by Gasteiger charge is -2.15. The predicted molar refractivity (Wildman–Crippen MR) is 89.5 cm³/mol. The van der Waals surface area contributed by atoms with Crippen LogP contribution in [0, 0.1) is 0 Å². The molecule has 0 aromatic carbocycles. The highest BCUT2D eigenvalue weighted by atomic mass is 32.2. The second kappa shape index (κ2) is 9.92. The summed E-state index contributed by atoms with van der Waals surface area (Å²) in [6.07, 6.45) is -5.30. The van der Waals surface area contributed by atoms with Gasteiger partial charge in [0.1, 0.15) is 12.3 Å². The number of aliphatic hydroxyl groups is 2. The monoisotopic (exact) mass is 415 g/mol. The molecular formula is C14H20F3N3O6S. The van der Waals surface area contributed by atoms with Crippen molar-refractivity contribution in [2.45, 2.75) is 42.9 Å². The SMILES string of the molecule is CCSc1cn([C@H]2C[C@H](O)[C@@H](CO)O2)c(=O)[nH]c1=O.CNC(=O)C(F)(F)F. The molecule has 0 spiro atoms. The summed E-state index contributed by atoms with van der Waals surface area (Å²) in [6, 6.07) is 0. The molecule has 27 heavy (non-hydrogen) atoms. The highest BCUT2D eigenvalue weighted by Gasteiger charge is 2.37. The van der Waals surface area contributed by atoms with E-state index in [4.69, 9.17) is 9.84 Å². The number of amides is 1. The number of ether oxygens (including phenoxy) is 1. The Bertz CT molecular complexity index is 751. The maximum Gasteiger partial charge on any atom is 0.471 e. The Kier molecular flexibility index (Phi) is 8.53. The third-order valence-electron chi connectivity index (χ3n) is 3.41. The van der Waals surface area contributed by atoms with Gasteiger partial charge in [0.2, 0.25) is 0 Å². The van der Waals surface area contributed by atoms with Crippen LogP contribution < -0.4 is 16.6 Å². The van der Waals surface area contributed by atoms with E-state index in [1.807, 2.05) is 6.92 Å². The molecule has 1 amide bonds. The molecule has 0 radical (unpaired) electrons. The summed E-state index contributed by atoms with van der Waals surface area (Å²) in [7, 11) is 0.926. The lowest BCUT2D eigenvalue weighted by atomic mass is 10.2. The Morgan fingerprint density at radius 3 is 2.52 bits per heavy atom. The minimum Gasteiger partial charge on any atom is -0.394 e. The molecule has 1 aromatic rings. The first-order chi connectivity index (χ1) is 12.5. The van der Waals surface area contributed by atoms with Gasteiger partial charge in [-0.1, -0.05) is 6.92 Å². The van der Waals surface area contributed by atoms with Crippen molar-refractivity contribution in [1.82, 2.24) is 14.9 Å². The zero-order valence-corrected chi connectivity index (χ0v) is 15.3. The molecule has 0 aliphatic carbocycles. The number of hydrogen-bond acceptors (Lipinski definition) is 7. The summed E-state index contributed by atoms with van der Waals surface area (Å²) in [5, 5.41) is 20.1. The number of carbonyl (C=O) groups excluding carboxylic acids is 1. The zero-order chi connectivity index (χ0) is 20.8. The molecule has 4 N–H and O–H groups in total. The number of hydrogen-bond donors (Lipinski definition) is 4. The number of alkyl halides is 3. The fourth-order valence-corrected chi connectivity index (χ4v) is 2.81. The van der Waals surface area contributed by atoms with Crippen molar-refractivity contribution in [2.75, 3.05) is 19.4 Å². The summed E-state index contributed by atoms with van der Waals surface area (Å²) in [4.78, 5) is 35.6. The van der Waals surface area contributed by atoms with E-state index in [9.17, 15) is 32.7 Å². The Labute approximate surface area is 155 Å². The van der Waals surface area contributed by atoms with Crippen molar-refractivity contribution in [2.24, 2.45) is 0 Å². The second-order valence-electron chi connectivity index (χ2n) is 5.28. The first kappa shape index (κ1) is 23.2. The number of aromatic amines is 1. The molecule has 1 aliphatic rings. The van der Waals surface area contributed by atoms with Crippen molar-refractivity contribution in [3.63, 3.8) is 0 Å². The summed E-state index contributed by atoms with van der Waals surface area (Å²) in [6.45, 7) is 1.59. The largest absolute Gasteiger partial charge is 0.471 e. The molecule has 0 unspecified atom stereocenters. The maximum atomic E-state index is 11.8. The normalized spacial score (nSPS) is 22.1. The fraction of sp³-hybridized carbons (Fsp3) is 0.643. The van der Waals surface area contributed by atoms with Crippen molar-refractivity contribution in [1.29, 1.82) is 0 Å². The number of carbonyl (C=O) groups is 1. The van der Waals surface area contributed by atoms with Crippen LogP contribution in [0.2, 0.25) is 0 Å². The van der Waals surface area contributed by atoms with Gasteiger partial charge in [-0.3, -0.25) is 19.1 Å². The molecule has 9 nitrogen and oxygen atoms in total. The lowest BCUT2D eigenvalue weighted by Crippen LogP contribution is -2.33. The summed E-state index contributed by atoms with van der Waals surface area (Å²) in [5.41, 5.74) is -1.01. The van der Waals surface area contributed by atoms with E-state index in [2.05, 4.69) is 4.98 Å². The van der Waals surface area contributed by atoms with Gasteiger partial charge in [-0.2, -0.15) is 13.2 Å². The maximum absolute atomic E-state index is 11.8. The average molecular weight is 415 g/mol. The van der Waals surface area contributed by atoms with Crippen LogP contribution in [-0.2, 0) is 9.53 Å². The molecule has 0 bridgehead atoms. The Hall–Kier alpha value is -1.83. The minimum absolute atomic E-state index is 0.202. The standard InChI is InChI=1S/C11H16N2O5S.C3H4F3NO/c1-2-19-8-4-13(11(17)12-10(8)16)9-3-6(15)7(5-14)18-9;1-7-2(8)3(4,5)6/h4,6-7,9,14-15H,2-3,5H2,1H3,(H,12,16,17);1H3,(H,7,8)/t6-,7+,9+;/m0./s1. The van der Waals surface area contributed by atoms with Gasteiger partial charge in [0.25, 0.3) is 5.56 Å². The fourth-order valence-electron chi connectivity index (χ4n) is 2.13. The van der Waals surface area contributed by atoms with Gasteiger partial charge in [-0.25, -0.2) is 4.79 Å². The quantitative estimate of drug-likeness (QED) is 0.491. The molecule has 1 aliphatic heterocycles. The van der Waals surface area contributed by atoms with E-state index in [1.54, 1.807) is 0 Å². The highest BCUT2D eigenvalue weighted by Crippen LogP contribution is 2.27. The number of thioether (sulfide) groups is 1. The number of aliphatic hydroxyl groups excluding tert-OH is 2. The summed E-state index contributed by atoms with van der Waals surface area (Å²) in [5.74, 6) is -1.22. The van der Waals surface area contributed by atoms with Gasteiger partial charge in [0, 0.05) is 19.7 Å². The van der Waals surface area contributed by atoms with Crippen molar-refractivity contribution in [3.05, 3.63) is 27.0 Å². The Morgan fingerprint density at radius 2 is 2.11 bits per heavy atom. The molecular weight excluding hydrogens is 395 g/mol. The zero-order valence-electron chi connectivity index (χ0n) is 14.4. The number of aromatic nitrogens is 2. The van der Waals surface area contributed by atoms with Crippen molar-refractivity contribution >= 4 is 17.7 Å². The topological polar surface area (TPSA) is 134 Å². The molecule has 1 fully saturated rings. The van der Waals surface area contributed by atoms with Gasteiger partial charge in [-0.15, -0.1) is 11.8 Å². The van der Waals surface area contributed by atoms with Gasteiger partial charge in [0.05, 0.1) is 17.6 Å². The van der Waals surface area contributed by atoms with Crippen LogP contribution in [0.3, 0.4) is 0 Å². The van der Waals surface area contributed by atoms with E-state index in [0.29, 0.717) is 10.6 Å². The van der Waals surface area contributed by atoms with Gasteiger partial charge < -0.3 is 20.3 Å². The van der Waals surface area contributed by atoms with Crippen molar-refractivity contribution in [3.8, 4) is 0 Å². The molecule has 2 rings (SSSR count). The Morgan fingerprint density at radius 1 is 1.48 bits per heavy atom. The first-order valence-electron chi connectivity index (χ1n) is 7.76. The summed E-state index contributed by atoms with van der Waals surface area (Å²) >= 11 is 1.32. The number of H-pyrrole nitrogens is 1. The van der Waals surface area contributed by atoms with Crippen LogP contribution in [0.25, 0.3) is 0 Å². The predicted octanol–water partition coefficient (Wildman–Crippen LogP) is -0.416. The molecule has 13 heteroatoms. The van der Waals surface area contributed by atoms with Crippen LogP contribution in [-0.4, -0.2) is 63.5 Å². The van der Waals surface area contributed by atoms with E-state index >= 15 is 0 Å². The van der Waals surface area contributed by atoms with Gasteiger partial charge in [-0.05, 0) is 5.75 Å². The number of rotatable bonds is 4. The molecule has 3 atom stereocenters. The second-order valence-corrected chi connectivity index (χ2v) is 6.59. The number of nitrogens with zero attached hydrogens (tertiary/aromatic N) is 1. The molecule has 1 aromatic heterocycles. The van der Waals surface area contributed by atoms with Crippen LogP contribution in [0.15, 0.2) is 20.7 Å². The third kappa shape index (κ3) is 6.37. The van der Waals surface area contributed by atoms with Crippen LogP contribution in [0.4, 0.5) is 13.2 Å². The molecule has 1 saturated heterocycles. The van der Waals surface area contributed by atoms with Crippen LogP contribution in [0.5, 0.6) is 0 Å². The van der Waals surface area contributed by atoms with Crippen LogP contribution in [0.1, 0.15) is 19.6 Å². The number of halogens is 3. The average Bonchev–Trinajstić information content (AvgIpc) is 2.97. The molecule has 2 heterocycles. The lowest BCUT2D eigenvalue weighted by molar-refractivity contribution is -0.172. The van der Waals surface area contributed by atoms with Gasteiger partial charge >= 0.3 is 17.8 Å². The van der Waals surface area contributed by atoms with E-state index in [1.165, 1.54) is 27.8 Å². The highest BCUT2D eigenvalue weighted by molar-refractivity contribution is 7.99. The molecule has 154 valence electrons.